The summed E-state index contributed by atoms with van der Waals surface area (Å²) < 4.78 is 5.77. The molecule has 1 saturated carbocycles. The van der Waals surface area contributed by atoms with Crippen molar-refractivity contribution in [2.75, 3.05) is 0 Å². The Morgan fingerprint density at radius 3 is 2.15 bits per heavy atom. The molecule has 0 heterocycles. The maximum atomic E-state index is 6.02. The average Bonchev–Trinajstić information content (AvgIpc) is 2.69. The summed E-state index contributed by atoms with van der Waals surface area (Å²) in [5.74, 6) is 0.562. The maximum absolute atomic E-state index is 6.02. The summed E-state index contributed by atoms with van der Waals surface area (Å²) in [5, 5.41) is 3.35. The highest BCUT2D eigenvalue weighted by atomic mass is 127. The largest absolute Gasteiger partial charge is 0.372 e. The molecule has 1 aliphatic rings. The molecule has 146 valence electrons. The van der Waals surface area contributed by atoms with Gasteiger partial charge in [0.1, 0.15) is 0 Å². The molecule has 0 bridgehead atoms. The third-order valence-corrected chi connectivity index (χ3v) is 4.79. The summed E-state index contributed by atoms with van der Waals surface area (Å²) in [6.45, 7) is 1.86. The van der Waals surface area contributed by atoms with Gasteiger partial charge in [-0.1, -0.05) is 73.9 Å². The molecule has 0 spiro atoms. The van der Waals surface area contributed by atoms with Crippen molar-refractivity contribution in [3.8, 4) is 0 Å². The Morgan fingerprint density at radius 2 is 1.48 bits per heavy atom. The number of guanidine groups is 1. The van der Waals surface area contributed by atoms with Gasteiger partial charge in [-0.15, -0.1) is 24.0 Å². The van der Waals surface area contributed by atoms with Crippen molar-refractivity contribution < 1.29 is 4.74 Å². The molecule has 27 heavy (non-hydrogen) atoms. The van der Waals surface area contributed by atoms with Gasteiger partial charge in [-0.3, -0.25) is 0 Å². The third-order valence-electron chi connectivity index (χ3n) is 4.79. The lowest BCUT2D eigenvalue weighted by atomic mass is 9.96. The zero-order valence-electron chi connectivity index (χ0n) is 15.8. The van der Waals surface area contributed by atoms with Crippen LogP contribution in [0.5, 0.6) is 0 Å². The van der Waals surface area contributed by atoms with Gasteiger partial charge >= 0.3 is 0 Å². The second-order valence-corrected chi connectivity index (χ2v) is 6.98. The quantitative estimate of drug-likeness (QED) is 0.342. The van der Waals surface area contributed by atoms with Gasteiger partial charge < -0.3 is 15.8 Å². The second kappa shape index (κ2) is 12.0. The zero-order chi connectivity index (χ0) is 18.0. The number of nitrogens with two attached hydrogens (primary N) is 1. The van der Waals surface area contributed by atoms with Crippen LogP contribution in [0.25, 0.3) is 0 Å². The van der Waals surface area contributed by atoms with Crippen molar-refractivity contribution in [1.82, 2.24) is 5.32 Å². The number of benzene rings is 2. The van der Waals surface area contributed by atoms with E-state index in [0.29, 0.717) is 31.8 Å². The fraction of sp³-hybridized carbons (Fsp3) is 0.409. The van der Waals surface area contributed by atoms with E-state index in [0.717, 1.165) is 5.56 Å². The van der Waals surface area contributed by atoms with Crippen molar-refractivity contribution >= 4 is 29.9 Å². The smallest absolute Gasteiger partial charge is 0.189 e. The number of hydrogen-bond donors (Lipinski definition) is 2. The predicted octanol–water partition coefficient (Wildman–Crippen LogP) is 4.76. The van der Waals surface area contributed by atoms with E-state index >= 15 is 0 Å². The van der Waals surface area contributed by atoms with Gasteiger partial charge in [-0.05, 0) is 29.5 Å². The molecule has 2 aromatic rings. The van der Waals surface area contributed by atoms with E-state index < -0.39 is 0 Å². The molecule has 4 nitrogen and oxygen atoms in total. The fourth-order valence-corrected chi connectivity index (χ4v) is 3.28. The minimum atomic E-state index is 0. The van der Waals surface area contributed by atoms with Crippen molar-refractivity contribution in [3.63, 3.8) is 0 Å². The maximum Gasteiger partial charge on any atom is 0.189 e. The van der Waals surface area contributed by atoms with Crippen LogP contribution in [0.2, 0.25) is 0 Å². The van der Waals surface area contributed by atoms with E-state index in [1.54, 1.807) is 0 Å². The van der Waals surface area contributed by atoms with Crippen LogP contribution in [-0.2, 0) is 24.5 Å². The van der Waals surface area contributed by atoms with E-state index in [4.69, 9.17) is 10.5 Å². The first-order valence-corrected chi connectivity index (χ1v) is 9.55. The summed E-state index contributed by atoms with van der Waals surface area (Å²) in [7, 11) is 0. The van der Waals surface area contributed by atoms with Gasteiger partial charge in [0, 0.05) is 6.04 Å². The molecule has 2 aromatic carbocycles. The standard InChI is InChI=1S/C22H29N3O.HI/c23-22(25-21-9-5-2-6-10-21)24-15-18-11-13-20(14-12-18)17-26-16-19-7-3-1-4-8-19;/h1,3-4,7-8,11-14,21H,2,5-6,9-10,15-17H2,(H3,23,24,25);1H. The van der Waals surface area contributed by atoms with Crippen LogP contribution in [0.1, 0.15) is 48.8 Å². The molecule has 5 heteroatoms. The Kier molecular flexibility index (Phi) is 9.62. The number of hydrogen-bond acceptors (Lipinski definition) is 2. The van der Waals surface area contributed by atoms with E-state index in [9.17, 15) is 0 Å². The molecule has 1 aliphatic carbocycles. The number of nitrogens with one attached hydrogen (secondary N) is 1. The normalized spacial score (nSPS) is 15.2. The van der Waals surface area contributed by atoms with Gasteiger partial charge in [0.15, 0.2) is 5.96 Å². The monoisotopic (exact) mass is 479 g/mol. The first-order valence-electron chi connectivity index (χ1n) is 9.55. The Balaban J connectivity index is 0.00000261. The molecule has 0 aliphatic heterocycles. The van der Waals surface area contributed by atoms with E-state index in [-0.39, 0.29) is 24.0 Å². The van der Waals surface area contributed by atoms with Crippen LogP contribution >= 0.6 is 24.0 Å². The van der Waals surface area contributed by atoms with Gasteiger partial charge in [0.2, 0.25) is 0 Å². The third kappa shape index (κ3) is 7.89. The number of ether oxygens (including phenoxy) is 1. The van der Waals surface area contributed by atoms with Crippen molar-refractivity contribution in [3.05, 3.63) is 71.3 Å². The second-order valence-electron chi connectivity index (χ2n) is 6.98. The number of rotatable bonds is 7. The van der Waals surface area contributed by atoms with Gasteiger partial charge in [0.05, 0.1) is 19.8 Å². The molecule has 0 unspecified atom stereocenters. The number of halogens is 1. The highest BCUT2D eigenvalue weighted by Gasteiger charge is 2.13. The summed E-state index contributed by atoms with van der Waals surface area (Å²) in [4.78, 5) is 4.47. The summed E-state index contributed by atoms with van der Waals surface area (Å²) >= 11 is 0. The Labute approximate surface area is 179 Å². The SMILES string of the molecule is I.NC(=NCc1ccc(COCc2ccccc2)cc1)NC1CCCCC1. The Hall–Kier alpha value is -1.60. The molecule has 3 N–H and O–H groups in total. The average molecular weight is 479 g/mol. The lowest BCUT2D eigenvalue weighted by molar-refractivity contribution is 0.107. The van der Waals surface area contributed by atoms with Crippen LogP contribution in [0.15, 0.2) is 59.6 Å². The summed E-state index contributed by atoms with van der Waals surface area (Å²) in [5.41, 5.74) is 9.54. The fourth-order valence-electron chi connectivity index (χ4n) is 3.28. The van der Waals surface area contributed by atoms with Gasteiger partial charge in [-0.25, -0.2) is 4.99 Å². The molecule has 0 saturated heterocycles. The van der Waals surface area contributed by atoms with E-state index in [1.807, 2.05) is 18.2 Å². The minimum Gasteiger partial charge on any atom is -0.372 e. The van der Waals surface area contributed by atoms with Gasteiger partial charge in [0.25, 0.3) is 0 Å². The Morgan fingerprint density at radius 1 is 0.889 bits per heavy atom. The van der Waals surface area contributed by atoms with Crippen LogP contribution in [0.4, 0.5) is 0 Å². The minimum absolute atomic E-state index is 0. The van der Waals surface area contributed by atoms with Crippen LogP contribution in [0.3, 0.4) is 0 Å². The first-order chi connectivity index (χ1) is 12.8. The Bertz CT molecular complexity index is 682. The van der Waals surface area contributed by atoms with E-state index in [2.05, 4.69) is 46.7 Å². The summed E-state index contributed by atoms with van der Waals surface area (Å²) in [6.07, 6.45) is 6.33. The van der Waals surface area contributed by atoms with E-state index in [1.165, 1.54) is 43.2 Å². The van der Waals surface area contributed by atoms with Crippen LogP contribution in [0, 0.1) is 0 Å². The molecule has 0 radical (unpaired) electrons. The molecule has 0 amide bonds. The van der Waals surface area contributed by atoms with Crippen molar-refractivity contribution in [2.45, 2.75) is 57.9 Å². The first kappa shape index (κ1) is 21.7. The highest BCUT2D eigenvalue weighted by molar-refractivity contribution is 14.0. The topological polar surface area (TPSA) is 59.6 Å². The zero-order valence-corrected chi connectivity index (χ0v) is 18.1. The molecule has 0 aromatic heterocycles. The molecule has 3 rings (SSSR count). The molecule has 0 atom stereocenters. The lowest BCUT2D eigenvalue weighted by Gasteiger charge is -2.23. The van der Waals surface area contributed by atoms with Crippen molar-refractivity contribution in [2.24, 2.45) is 10.7 Å². The summed E-state index contributed by atoms with van der Waals surface area (Å²) in [6, 6.07) is 19.1. The molecular formula is C22H30IN3O. The van der Waals surface area contributed by atoms with Crippen molar-refractivity contribution in [1.29, 1.82) is 0 Å². The van der Waals surface area contributed by atoms with Crippen LogP contribution in [-0.4, -0.2) is 12.0 Å². The van der Waals surface area contributed by atoms with Crippen LogP contribution < -0.4 is 11.1 Å². The lowest BCUT2D eigenvalue weighted by Crippen LogP contribution is -2.41. The number of aliphatic imine (C=N–C) groups is 1. The molecular weight excluding hydrogens is 449 g/mol. The predicted molar refractivity (Wildman–Crippen MR) is 122 cm³/mol. The molecule has 1 fully saturated rings. The number of nitrogens with zero attached hydrogens (tertiary/aromatic N) is 1. The highest BCUT2D eigenvalue weighted by Crippen LogP contribution is 2.17. The van der Waals surface area contributed by atoms with Gasteiger partial charge in [-0.2, -0.15) is 0 Å².